The van der Waals surface area contributed by atoms with Gasteiger partial charge in [-0.3, -0.25) is 4.79 Å². The predicted octanol–water partition coefficient (Wildman–Crippen LogP) is 1.18. The maximum atomic E-state index is 10.7. The molecule has 1 rings (SSSR count). The molecule has 0 unspecified atom stereocenters. The zero-order chi connectivity index (χ0) is 8.97. The number of rotatable bonds is 3. The van der Waals surface area contributed by atoms with Gasteiger partial charge in [-0.05, 0) is 0 Å². The van der Waals surface area contributed by atoms with Crippen LogP contribution in [0.2, 0.25) is 5.15 Å². The molecular formula is C6H6Cl2N2O2. The van der Waals surface area contributed by atoms with E-state index in [9.17, 15) is 4.79 Å². The number of nitrogens with zero attached hydrogens (tertiary/aromatic N) is 1. The maximum Gasteiger partial charge on any atom is 0.235 e. The lowest BCUT2D eigenvalue weighted by Crippen LogP contribution is -2.23. The Labute approximate surface area is 78.8 Å². The van der Waals surface area contributed by atoms with Crippen molar-refractivity contribution in [2.75, 3.05) is 5.88 Å². The molecule has 6 heteroatoms. The standard InChI is InChI=1S/C6H6Cl2N2O2/c7-2-6(11)9-3-4-1-5(8)10-12-4/h1H,2-3H2,(H,9,11). The van der Waals surface area contributed by atoms with Gasteiger partial charge in [-0.25, -0.2) is 0 Å². The first-order valence-corrected chi connectivity index (χ1v) is 4.07. The Kier molecular flexibility index (Phi) is 3.37. The highest BCUT2D eigenvalue weighted by Gasteiger charge is 2.03. The van der Waals surface area contributed by atoms with Crippen molar-refractivity contribution in [2.45, 2.75) is 6.54 Å². The van der Waals surface area contributed by atoms with Crippen molar-refractivity contribution in [3.05, 3.63) is 17.0 Å². The first kappa shape index (κ1) is 9.35. The lowest BCUT2D eigenvalue weighted by atomic mass is 10.4. The first-order chi connectivity index (χ1) is 5.72. The predicted molar refractivity (Wildman–Crippen MR) is 44.1 cm³/mol. The number of amides is 1. The van der Waals surface area contributed by atoms with E-state index in [0.717, 1.165) is 0 Å². The van der Waals surface area contributed by atoms with E-state index in [4.69, 9.17) is 27.7 Å². The Morgan fingerprint density at radius 3 is 3.00 bits per heavy atom. The number of alkyl halides is 1. The van der Waals surface area contributed by atoms with Crippen LogP contribution in [0.25, 0.3) is 0 Å². The van der Waals surface area contributed by atoms with Crippen molar-refractivity contribution in [1.82, 2.24) is 10.5 Å². The average Bonchev–Trinajstić information content (AvgIpc) is 2.47. The summed E-state index contributed by atoms with van der Waals surface area (Å²) in [5.74, 6) is 0.171. The summed E-state index contributed by atoms with van der Waals surface area (Å²) in [6.45, 7) is 0.255. The molecule has 0 aliphatic carbocycles. The largest absolute Gasteiger partial charge is 0.358 e. The van der Waals surface area contributed by atoms with Crippen LogP contribution in [-0.2, 0) is 11.3 Å². The number of hydrogen-bond donors (Lipinski definition) is 1. The van der Waals surface area contributed by atoms with E-state index in [1.54, 1.807) is 0 Å². The summed E-state index contributed by atoms with van der Waals surface area (Å²) in [5.41, 5.74) is 0. The lowest BCUT2D eigenvalue weighted by Gasteiger charge is -1.96. The molecule has 1 aromatic heterocycles. The van der Waals surface area contributed by atoms with Crippen LogP contribution in [0.15, 0.2) is 10.6 Å². The molecule has 1 heterocycles. The zero-order valence-electron chi connectivity index (χ0n) is 6.01. The molecule has 0 aliphatic heterocycles. The third kappa shape index (κ3) is 2.71. The smallest absolute Gasteiger partial charge is 0.235 e. The second-order valence-corrected chi connectivity index (χ2v) is 2.68. The van der Waals surface area contributed by atoms with Gasteiger partial charge >= 0.3 is 0 Å². The Balaban J connectivity index is 2.38. The van der Waals surface area contributed by atoms with Gasteiger partial charge < -0.3 is 9.84 Å². The molecule has 12 heavy (non-hydrogen) atoms. The maximum absolute atomic E-state index is 10.7. The third-order valence-electron chi connectivity index (χ3n) is 1.11. The highest BCUT2D eigenvalue weighted by Crippen LogP contribution is 2.07. The van der Waals surface area contributed by atoms with Crippen LogP contribution in [0.1, 0.15) is 5.76 Å². The summed E-state index contributed by atoms with van der Waals surface area (Å²) in [4.78, 5) is 10.7. The van der Waals surface area contributed by atoms with Crippen LogP contribution < -0.4 is 5.32 Å². The van der Waals surface area contributed by atoms with Gasteiger partial charge in [0.15, 0.2) is 10.9 Å². The molecule has 0 saturated carbocycles. The first-order valence-electron chi connectivity index (χ1n) is 3.16. The fourth-order valence-corrected chi connectivity index (χ4v) is 0.855. The van der Waals surface area contributed by atoms with Gasteiger partial charge in [0.1, 0.15) is 5.88 Å². The summed E-state index contributed by atoms with van der Waals surface area (Å²) in [5, 5.41) is 6.19. The highest BCUT2D eigenvalue weighted by molar-refractivity contribution is 6.29. The number of carbonyl (C=O) groups is 1. The molecule has 66 valence electrons. The minimum atomic E-state index is -0.260. The van der Waals surface area contributed by atoms with Gasteiger partial charge in [-0.1, -0.05) is 16.8 Å². The number of carbonyl (C=O) groups excluding carboxylic acids is 1. The van der Waals surface area contributed by atoms with Crippen molar-refractivity contribution in [1.29, 1.82) is 0 Å². The quantitative estimate of drug-likeness (QED) is 0.760. The highest BCUT2D eigenvalue weighted by atomic mass is 35.5. The van der Waals surface area contributed by atoms with Gasteiger partial charge in [-0.15, -0.1) is 11.6 Å². The molecule has 0 spiro atoms. The fourth-order valence-electron chi connectivity index (χ4n) is 0.604. The Hall–Kier alpha value is -0.740. The van der Waals surface area contributed by atoms with Crippen molar-refractivity contribution < 1.29 is 9.32 Å². The number of aromatic nitrogens is 1. The second-order valence-electron chi connectivity index (χ2n) is 2.03. The van der Waals surface area contributed by atoms with Gasteiger partial charge in [-0.2, -0.15) is 0 Å². The monoisotopic (exact) mass is 208 g/mol. The Morgan fingerprint density at radius 1 is 1.75 bits per heavy atom. The Morgan fingerprint density at radius 2 is 2.50 bits per heavy atom. The molecule has 0 radical (unpaired) electrons. The fraction of sp³-hybridized carbons (Fsp3) is 0.333. The average molecular weight is 209 g/mol. The number of halogens is 2. The molecule has 0 fully saturated rings. The molecule has 1 N–H and O–H groups in total. The molecule has 4 nitrogen and oxygen atoms in total. The van der Waals surface area contributed by atoms with Gasteiger partial charge in [0.25, 0.3) is 0 Å². The zero-order valence-corrected chi connectivity index (χ0v) is 7.52. The van der Waals surface area contributed by atoms with E-state index in [0.29, 0.717) is 5.76 Å². The van der Waals surface area contributed by atoms with Crippen molar-refractivity contribution in [3.63, 3.8) is 0 Å². The van der Waals surface area contributed by atoms with Crippen LogP contribution in [0.3, 0.4) is 0 Å². The molecule has 0 aromatic carbocycles. The van der Waals surface area contributed by atoms with Crippen LogP contribution in [0.4, 0.5) is 0 Å². The van der Waals surface area contributed by atoms with Crippen molar-refractivity contribution >= 4 is 29.1 Å². The number of hydrogen-bond acceptors (Lipinski definition) is 3. The molecule has 0 aliphatic rings. The van der Waals surface area contributed by atoms with Crippen LogP contribution in [-0.4, -0.2) is 16.9 Å². The van der Waals surface area contributed by atoms with Crippen LogP contribution in [0, 0.1) is 0 Å². The van der Waals surface area contributed by atoms with E-state index < -0.39 is 0 Å². The normalized spacial score (nSPS) is 9.83. The molecule has 1 aromatic rings. The van der Waals surface area contributed by atoms with Crippen LogP contribution in [0.5, 0.6) is 0 Å². The van der Waals surface area contributed by atoms with E-state index in [1.165, 1.54) is 6.07 Å². The minimum absolute atomic E-state index is 0.0676. The van der Waals surface area contributed by atoms with E-state index in [1.807, 2.05) is 0 Å². The lowest BCUT2D eigenvalue weighted by molar-refractivity contribution is -0.118. The minimum Gasteiger partial charge on any atom is -0.358 e. The van der Waals surface area contributed by atoms with Gasteiger partial charge in [0.2, 0.25) is 5.91 Å². The van der Waals surface area contributed by atoms with Crippen LogP contribution >= 0.6 is 23.2 Å². The van der Waals surface area contributed by atoms with Crippen molar-refractivity contribution in [3.8, 4) is 0 Å². The molecule has 1 amide bonds. The SMILES string of the molecule is O=C(CCl)NCc1cc(Cl)no1. The summed E-state index contributed by atoms with van der Waals surface area (Å²) in [7, 11) is 0. The summed E-state index contributed by atoms with van der Waals surface area (Å²) < 4.78 is 4.72. The summed E-state index contributed by atoms with van der Waals surface area (Å²) >= 11 is 10.7. The van der Waals surface area contributed by atoms with E-state index >= 15 is 0 Å². The molecular weight excluding hydrogens is 203 g/mol. The second kappa shape index (κ2) is 4.33. The Bertz CT molecular complexity index is 274. The summed E-state index contributed by atoms with van der Waals surface area (Å²) in [6.07, 6.45) is 0. The van der Waals surface area contributed by atoms with Gasteiger partial charge in [0.05, 0.1) is 6.54 Å². The van der Waals surface area contributed by atoms with Gasteiger partial charge in [0, 0.05) is 6.07 Å². The van der Waals surface area contributed by atoms with E-state index in [-0.39, 0.29) is 23.5 Å². The molecule has 0 atom stereocenters. The summed E-state index contributed by atoms with van der Waals surface area (Å²) in [6, 6.07) is 1.52. The van der Waals surface area contributed by atoms with Crippen molar-refractivity contribution in [2.24, 2.45) is 0 Å². The topological polar surface area (TPSA) is 55.1 Å². The molecule has 0 bridgehead atoms. The number of nitrogens with one attached hydrogen (secondary N) is 1. The molecule has 0 saturated heterocycles. The van der Waals surface area contributed by atoms with E-state index in [2.05, 4.69) is 10.5 Å². The third-order valence-corrected chi connectivity index (χ3v) is 1.53.